The maximum Gasteiger partial charge on any atom is 0.273 e. The molecule has 0 saturated carbocycles. The van der Waals surface area contributed by atoms with E-state index in [0.29, 0.717) is 0 Å². The zero-order valence-electron chi connectivity index (χ0n) is 28.2. The van der Waals surface area contributed by atoms with Crippen molar-refractivity contribution in [3.63, 3.8) is 0 Å². The van der Waals surface area contributed by atoms with Gasteiger partial charge in [-0.3, -0.25) is 0 Å². The molecular formula is C45H33N6P. The third-order valence-electron chi connectivity index (χ3n) is 9.00. The summed E-state index contributed by atoms with van der Waals surface area (Å²) in [7, 11) is -1.67. The molecule has 3 heterocycles. The molecular weight excluding hydrogens is 656 g/mol. The monoisotopic (exact) mass is 688 g/mol. The smallest absolute Gasteiger partial charge is 0.201 e. The second-order valence-electron chi connectivity index (χ2n) is 12.4. The largest absolute Gasteiger partial charge is 0.273 e. The van der Waals surface area contributed by atoms with Gasteiger partial charge in [0.25, 0.3) is 8.37 Å². The Hall–Kier alpha value is -6.62. The Balaban J connectivity index is 1.39. The van der Waals surface area contributed by atoms with Gasteiger partial charge in [-0.1, -0.05) is 182 Å². The van der Waals surface area contributed by atoms with Gasteiger partial charge >= 0.3 is 0 Å². The number of rotatable bonds is 9. The van der Waals surface area contributed by atoms with Crippen LogP contribution in [-0.2, 0) is 0 Å². The molecule has 248 valence electrons. The van der Waals surface area contributed by atoms with E-state index in [1.165, 1.54) is 0 Å². The minimum Gasteiger partial charge on any atom is -0.201 e. The summed E-state index contributed by atoms with van der Waals surface area (Å²) in [5, 5.41) is 16.4. The molecule has 0 amide bonds. The Kier molecular flexibility index (Phi) is 8.41. The van der Waals surface area contributed by atoms with Crippen molar-refractivity contribution in [3.8, 4) is 67.5 Å². The van der Waals surface area contributed by atoms with E-state index in [4.69, 9.17) is 15.3 Å². The Morgan fingerprint density at radius 3 is 0.712 bits per heavy atom. The van der Waals surface area contributed by atoms with Crippen LogP contribution < -0.4 is 0 Å². The summed E-state index contributed by atoms with van der Waals surface area (Å²) in [6.45, 7) is 0. The molecule has 0 aliphatic carbocycles. The predicted octanol–water partition coefficient (Wildman–Crippen LogP) is 11.4. The molecule has 9 rings (SSSR count). The van der Waals surface area contributed by atoms with Crippen LogP contribution in [0.1, 0.15) is 0 Å². The normalized spacial score (nSPS) is 11.2. The van der Waals surface area contributed by atoms with Gasteiger partial charge in [0.1, 0.15) is 0 Å². The molecule has 52 heavy (non-hydrogen) atoms. The molecule has 3 aromatic heterocycles. The minimum absolute atomic E-state index is 0.875. The molecule has 0 saturated heterocycles. The van der Waals surface area contributed by atoms with Gasteiger partial charge in [0.2, 0.25) is 0 Å². The van der Waals surface area contributed by atoms with E-state index in [2.05, 4.69) is 177 Å². The molecule has 9 aromatic rings. The Labute approximate surface area is 303 Å². The van der Waals surface area contributed by atoms with E-state index < -0.39 is 8.37 Å². The SMILES string of the molecule is c1ccc(-c2cc(-c3ccccc3)n(P(n3nc(-c4ccccc4)cc3-c3ccccc3)n3nc(-c4ccccc4)cc3-c3ccccc3)n2)cc1. The summed E-state index contributed by atoms with van der Waals surface area (Å²) in [6.07, 6.45) is 0. The van der Waals surface area contributed by atoms with Crippen molar-refractivity contribution in [2.75, 3.05) is 0 Å². The van der Waals surface area contributed by atoms with Crippen molar-refractivity contribution in [2.24, 2.45) is 0 Å². The predicted molar refractivity (Wildman–Crippen MR) is 212 cm³/mol. The summed E-state index contributed by atoms with van der Waals surface area (Å²) >= 11 is 0. The van der Waals surface area contributed by atoms with E-state index in [0.717, 1.165) is 67.5 Å². The third-order valence-corrected chi connectivity index (χ3v) is 10.9. The van der Waals surface area contributed by atoms with Crippen LogP contribution in [0.4, 0.5) is 0 Å². The second kappa shape index (κ2) is 13.9. The first kappa shape index (κ1) is 31.4. The van der Waals surface area contributed by atoms with Crippen molar-refractivity contribution in [1.82, 2.24) is 28.7 Å². The summed E-state index contributed by atoms with van der Waals surface area (Å²) in [4.78, 5) is 0. The first-order valence-electron chi connectivity index (χ1n) is 17.2. The average Bonchev–Trinajstić information content (AvgIpc) is 3.99. The molecule has 0 atom stereocenters. The Bertz CT molecular complexity index is 2260. The zero-order valence-corrected chi connectivity index (χ0v) is 29.1. The highest BCUT2D eigenvalue weighted by Gasteiger charge is 2.31. The van der Waals surface area contributed by atoms with Crippen LogP contribution >= 0.6 is 8.37 Å². The quantitative estimate of drug-likeness (QED) is 0.142. The van der Waals surface area contributed by atoms with Crippen LogP contribution in [0.5, 0.6) is 0 Å². The molecule has 0 unspecified atom stereocenters. The lowest BCUT2D eigenvalue weighted by atomic mass is 10.1. The standard InChI is InChI=1S/C45H33N6P/c1-7-19-34(20-8-1)40-31-43(37-25-13-4-14-26-37)49(46-40)52(50-44(38-27-15-5-16-28-38)32-41(47-50)35-21-9-2-10-22-35)51-45(39-29-17-6-18-30-39)33-42(48-51)36-23-11-3-12-24-36/h1-33H. The highest BCUT2D eigenvalue weighted by Crippen LogP contribution is 2.50. The molecule has 6 aromatic carbocycles. The molecule has 6 nitrogen and oxygen atoms in total. The number of benzene rings is 6. The van der Waals surface area contributed by atoms with Crippen molar-refractivity contribution in [1.29, 1.82) is 0 Å². The third kappa shape index (κ3) is 6.06. The molecule has 0 spiro atoms. The van der Waals surface area contributed by atoms with Gasteiger partial charge in [0.15, 0.2) is 0 Å². The fourth-order valence-corrected chi connectivity index (χ4v) is 8.55. The molecule has 7 heteroatoms. The number of nitrogens with zero attached hydrogens (tertiary/aromatic N) is 6. The van der Waals surface area contributed by atoms with Gasteiger partial charge in [-0.05, 0) is 18.2 Å². The lowest BCUT2D eigenvalue weighted by molar-refractivity contribution is 0.849. The van der Waals surface area contributed by atoms with Crippen LogP contribution in [0, 0.1) is 0 Å². The summed E-state index contributed by atoms with van der Waals surface area (Å²) in [5.41, 5.74) is 11.8. The van der Waals surface area contributed by atoms with E-state index in [-0.39, 0.29) is 0 Å². The van der Waals surface area contributed by atoms with Gasteiger partial charge in [0.05, 0.1) is 34.2 Å². The van der Waals surface area contributed by atoms with Crippen molar-refractivity contribution >= 4 is 8.37 Å². The van der Waals surface area contributed by atoms with Crippen molar-refractivity contribution in [2.45, 2.75) is 0 Å². The second-order valence-corrected chi connectivity index (χ2v) is 14.1. The lowest BCUT2D eigenvalue weighted by Gasteiger charge is -2.24. The summed E-state index contributed by atoms with van der Waals surface area (Å²) in [6, 6.07) is 69.1. The first-order valence-corrected chi connectivity index (χ1v) is 18.4. The average molecular weight is 689 g/mol. The topological polar surface area (TPSA) is 53.5 Å². The molecule has 0 aliphatic heterocycles. The number of hydrogen-bond donors (Lipinski definition) is 0. The highest BCUT2D eigenvalue weighted by atomic mass is 31.1. The van der Waals surface area contributed by atoms with E-state index in [1.807, 2.05) is 36.4 Å². The van der Waals surface area contributed by atoms with Gasteiger partial charge in [0, 0.05) is 33.4 Å². The molecule has 0 fully saturated rings. The molecule has 0 N–H and O–H groups in total. The van der Waals surface area contributed by atoms with E-state index in [9.17, 15) is 0 Å². The van der Waals surface area contributed by atoms with Crippen LogP contribution in [-0.4, -0.2) is 28.7 Å². The van der Waals surface area contributed by atoms with Crippen molar-refractivity contribution in [3.05, 3.63) is 200 Å². The first-order chi connectivity index (χ1) is 25.8. The number of hydrogen-bond acceptors (Lipinski definition) is 3. The number of aromatic nitrogens is 6. The van der Waals surface area contributed by atoms with Crippen LogP contribution in [0.3, 0.4) is 0 Å². The van der Waals surface area contributed by atoms with Gasteiger partial charge in [-0.15, -0.1) is 0 Å². The zero-order chi connectivity index (χ0) is 34.7. The Morgan fingerprint density at radius 1 is 0.269 bits per heavy atom. The van der Waals surface area contributed by atoms with Gasteiger partial charge in [-0.25, -0.2) is 13.4 Å². The highest BCUT2D eigenvalue weighted by molar-refractivity contribution is 7.52. The van der Waals surface area contributed by atoms with Crippen molar-refractivity contribution < 1.29 is 0 Å². The summed E-state index contributed by atoms with van der Waals surface area (Å²) < 4.78 is 6.44. The maximum atomic E-state index is 5.47. The van der Waals surface area contributed by atoms with Crippen LogP contribution in [0.25, 0.3) is 67.5 Å². The van der Waals surface area contributed by atoms with Gasteiger partial charge in [-0.2, -0.15) is 15.3 Å². The minimum atomic E-state index is -1.67. The lowest BCUT2D eigenvalue weighted by Crippen LogP contribution is -2.15. The van der Waals surface area contributed by atoms with E-state index >= 15 is 0 Å². The maximum absolute atomic E-state index is 5.47. The summed E-state index contributed by atoms with van der Waals surface area (Å²) in [5.74, 6) is 0. The molecule has 0 radical (unpaired) electrons. The van der Waals surface area contributed by atoms with Crippen LogP contribution in [0.15, 0.2) is 200 Å². The fraction of sp³-hybridized carbons (Fsp3) is 0. The Morgan fingerprint density at radius 2 is 0.481 bits per heavy atom. The fourth-order valence-electron chi connectivity index (χ4n) is 6.44. The molecule has 0 bridgehead atoms. The molecule has 0 aliphatic rings. The van der Waals surface area contributed by atoms with E-state index in [1.54, 1.807) is 0 Å². The van der Waals surface area contributed by atoms with Crippen LogP contribution in [0.2, 0.25) is 0 Å². The van der Waals surface area contributed by atoms with Gasteiger partial charge < -0.3 is 0 Å².